The monoisotopic (exact) mass is 198 g/mol. The van der Waals surface area contributed by atoms with Crippen molar-refractivity contribution in [2.75, 3.05) is 6.54 Å². The van der Waals surface area contributed by atoms with Crippen molar-refractivity contribution >= 4 is 5.91 Å². The molecular weight excluding hydrogens is 176 g/mol. The summed E-state index contributed by atoms with van der Waals surface area (Å²) in [5, 5.41) is 2.96. The smallest absolute Gasteiger partial charge is 0.219 e. The Morgan fingerprint density at radius 2 is 2.14 bits per heavy atom. The fourth-order valence-corrected chi connectivity index (χ4v) is 2.05. The number of amides is 1. The first kappa shape index (κ1) is 11.5. The minimum absolute atomic E-state index is 0.172. The fraction of sp³-hybridized carbons (Fsp3) is 0.909. The molecule has 0 radical (unpaired) electrons. The summed E-state index contributed by atoms with van der Waals surface area (Å²) in [4.78, 5) is 11.2. The molecule has 1 saturated carbocycles. The Hall–Kier alpha value is -0.570. The standard InChI is InChI=1S/C11H22N2O/c1-2-5-11(14)13-8-9-6-3-4-7-10(9)12/h9-10H,2-8,12H2,1H3,(H,13,14). The van der Waals surface area contributed by atoms with Crippen molar-refractivity contribution in [3.8, 4) is 0 Å². The van der Waals surface area contributed by atoms with Crippen LogP contribution in [0.25, 0.3) is 0 Å². The largest absolute Gasteiger partial charge is 0.356 e. The lowest BCUT2D eigenvalue weighted by molar-refractivity contribution is -0.121. The minimum Gasteiger partial charge on any atom is -0.356 e. The van der Waals surface area contributed by atoms with Gasteiger partial charge in [-0.15, -0.1) is 0 Å². The van der Waals surface area contributed by atoms with E-state index in [4.69, 9.17) is 5.73 Å². The van der Waals surface area contributed by atoms with Crippen LogP contribution in [0.2, 0.25) is 0 Å². The highest BCUT2D eigenvalue weighted by Crippen LogP contribution is 2.22. The summed E-state index contributed by atoms with van der Waals surface area (Å²) in [6.45, 7) is 2.80. The molecule has 1 rings (SSSR count). The minimum atomic E-state index is 0.172. The van der Waals surface area contributed by atoms with Gasteiger partial charge in [0.25, 0.3) is 0 Å². The van der Waals surface area contributed by atoms with E-state index in [1.54, 1.807) is 0 Å². The van der Waals surface area contributed by atoms with Crippen molar-refractivity contribution in [1.29, 1.82) is 0 Å². The van der Waals surface area contributed by atoms with Crippen molar-refractivity contribution in [1.82, 2.24) is 5.32 Å². The first-order valence-electron chi connectivity index (χ1n) is 5.76. The Labute approximate surface area is 86.4 Å². The third-order valence-corrected chi connectivity index (χ3v) is 3.01. The molecule has 3 nitrogen and oxygen atoms in total. The van der Waals surface area contributed by atoms with Crippen molar-refractivity contribution in [3.63, 3.8) is 0 Å². The van der Waals surface area contributed by atoms with Crippen LogP contribution in [-0.2, 0) is 4.79 Å². The molecule has 0 saturated heterocycles. The zero-order valence-corrected chi connectivity index (χ0v) is 9.09. The first-order chi connectivity index (χ1) is 6.74. The number of nitrogens with two attached hydrogens (primary N) is 1. The third kappa shape index (κ3) is 3.66. The lowest BCUT2D eigenvalue weighted by atomic mass is 9.85. The second-order valence-corrected chi connectivity index (χ2v) is 4.26. The maximum Gasteiger partial charge on any atom is 0.219 e. The number of nitrogens with one attached hydrogen (secondary N) is 1. The van der Waals surface area contributed by atoms with Crippen molar-refractivity contribution in [2.24, 2.45) is 11.7 Å². The fourth-order valence-electron chi connectivity index (χ4n) is 2.05. The van der Waals surface area contributed by atoms with Gasteiger partial charge < -0.3 is 11.1 Å². The molecular formula is C11H22N2O. The summed E-state index contributed by atoms with van der Waals surface area (Å²) < 4.78 is 0. The van der Waals surface area contributed by atoms with Crippen molar-refractivity contribution in [2.45, 2.75) is 51.5 Å². The summed E-state index contributed by atoms with van der Waals surface area (Å²) in [6, 6.07) is 0.297. The van der Waals surface area contributed by atoms with Crippen LogP contribution in [0, 0.1) is 5.92 Å². The van der Waals surface area contributed by atoms with E-state index in [1.165, 1.54) is 19.3 Å². The Balaban J connectivity index is 2.19. The zero-order valence-electron chi connectivity index (χ0n) is 9.09. The van der Waals surface area contributed by atoms with Gasteiger partial charge in [-0.1, -0.05) is 19.8 Å². The molecule has 0 spiro atoms. The lowest BCUT2D eigenvalue weighted by Crippen LogP contribution is -2.40. The molecule has 0 aromatic carbocycles. The highest BCUT2D eigenvalue weighted by atomic mass is 16.1. The summed E-state index contributed by atoms with van der Waals surface area (Å²) in [5.74, 6) is 0.676. The Morgan fingerprint density at radius 1 is 1.43 bits per heavy atom. The topological polar surface area (TPSA) is 55.1 Å². The molecule has 1 aliphatic carbocycles. The van der Waals surface area contributed by atoms with Crippen LogP contribution < -0.4 is 11.1 Å². The number of hydrogen-bond acceptors (Lipinski definition) is 2. The summed E-state index contributed by atoms with van der Waals surface area (Å²) in [6.07, 6.45) is 6.37. The van der Waals surface area contributed by atoms with Gasteiger partial charge in [0, 0.05) is 19.0 Å². The number of carbonyl (C=O) groups is 1. The zero-order chi connectivity index (χ0) is 10.4. The average molecular weight is 198 g/mol. The molecule has 1 aliphatic rings. The van der Waals surface area contributed by atoms with Crippen molar-refractivity contribution in [3.05, 3.63) is 0 Å². The van der Waals surface area contributed by atoms with Crippen LogP contribution in [0.5, 0.6) is 0 Å². The SMILES string of the molecule is CCCC(=O)NCC1CCCCC1N. The van der Waals surface area contributed by atoms with E-state index < -0.39 is 0 Å². The van der Waals surface area contributed by atoms with Gasteiger partial charge >= 0.3 is 0 Å². The van der Waals surface area contributed by atoms with Gasteiger partial charge in [-0.2, -0.15) is 0 Å². The van der Waals surface area contributed by atoms with E-state index in [1.807, 2.05) is 6.92 Å². The summed E-state index contributed by atoms with van der Waals surface area (Å²) in [5.41, 5.74) is 5.99. The summed E-state index contributed by atoms with van der Waals surface area (Å²) >= 11 is 0. The van der Waals surface area contributed by atoms with Gasteiger partial charge in [0.05, 0.1) is 0 Å². The van der Waals surface area contributed by atoms with Crippen LogP contribution in [0.3, 0.4) is 0 Å². The maximum absolute atomic E-state index is 11.2. The third-order valence-electron chi connectivity index (χ3n) is 3.01. The molecule has 14 heavy (non-hydrogen) atoms. The van der Waals surface area contributed by atoms with E-state index in [-0.39, 0.29) is 5.91 Å². The van der Waals surface area contributed by atoms with Crippen LogP contribution in [-0.4, -0.2) is 18.5 Å². The second-order valence-electron chi connectivity index (χ2n) is 4.26. The molecule has 0 aromatic rings. The molecule has 0 aliphatic heterocycles. The van der Waals surface area contributed by atoms with Crippen LogP contribution in [0.4, 0.5) is 0 Å². The quantitative estimate of drug-likeness (QED) is 0.718. The Kier molecular flexibility index (Phi) is 4.94. The molecule has 0 heterocycles. The molecule has 1 amide bonds. The van der Waals surface area contributed by atoms with E-state index in [0.29, 0.717) is 18.4 Å². The predicted molar refractivity (Wildman–Crippen MR) is 57.9 cm³/mol. The van der Waals surface area contributed by atoms with Crippen LogP contribution in [0.15, 0.2) is 0 Å². The van der Waals surface area contributed by atoms with Crippen LogP contribution >= 0.6 is 0 Å². The number of rotatable bonds is 4. The van der Waals surface area contributed by atoms with E-state index >= 15 is 0 Å². The highest BCUT2D eigenvalue weighted by Gasteiger charge is 2.21. The van der Waals surface area contributed by atoms with Crippen LogP contribution in [0.1, 0.15) is 45.4 Å². The van der Waals surface area contributed by atoms with E-state index in [2.05, 4.69) is 5.32 Å². The molecule has 2 unspecified atom stereocenters. The predicted octanol–water partition coefficient (Wildman–Crippen LogP) is 1.42. The normalized spacial score (nSPS) is 27.3. The highest BCUT2D eigenvalue weighted by molar-refractivity contribution is 5.75. The molecule has 3 heteroatoms. The molecule has 0 aromatic heterocycles. The Morgan fingerprint density at radius 3 is 2.79 bits per heavy atom. The first-order valence-corrected chi connectivity index (χ1v) is 5.76. The van der Waals surface area contributed by atoms with Gasteiger partial charge in [0.15, 0.2) is 0 Å². The Bertz CT molecular complexity index is 182. The van der Waals surface area contributed by atoms with Gasteiger partial charge in [-0.25, -0.2) is 0 Å². The number of carbonyl (C=O) groups excluding carboxylic acids is 1. The van der Waals surface area contributed by atoms with Gasteiger partial charge in [-0.3, -0.25) is 4.79 Å². The van der Waals surface area contributed by atoms with Gasteiger partial charge in [0.2, 0.25) is 5.91 Å². The molecule has 2 atom stereocenters. The molecule has 3 N–H and O–H groups in total. The van der Waals surface area contributed by atoms with E-state index in [9.17, 15) is 4.79 Å². The lowest BCUT2D eigenvalue weighted by Gasteiger charge is -2.28. The van der Waals surface area contributed by atoms with Gasteiger partial charge in [-0.05, 0) is 25.2 Å². The summed E-state index contributed by atoms with van der Waals surface area (Å²) in [7, 11) is 0. The molecule has 0 bridgehead atoms. The maximum atomic E-state index is 11.2. The molecule has 82 valence electrons. The number of hydrogen-bond donors (Lipinski definition) is 2. The van der Waals surface area contributed by atoms with Crippen molar-refractivity contribution < 1.29 is 4.79 Å². The average Bonchev–Trinajstić information content (AvgIpc) is 2.17. The molecule has 1 fully saturated rings. The van der Waals surface area contributed by atoms with Gasteiger partial charge in [0.1, 0.15) is 0 Å². The second kappa shape index (κ2) is 6.02. The van der Waals surface area contributed by atoms with E-state index in [0.717, 1.165) is 19.4 Å².